The molecule has 0 bridgehead atoms. The van der Waals surface area contributed by atoms with Gasteiger partial charge in [0.15, 0.2) is 0 Å². The van der Waals surface area contributed by atoms with E-state index in [-0.39, 0.29) is 23.4 Å². The van der Waals surface area contributed by atoms with E-state index in [1.165, 1.54) is 0 Å². The van der Waals surface area contributed by atoms with Gasteiger partial charge in [-0.25, -0.2) is 0 Å². The molecule has 182 valence electrons. The van der Waals surface area contributed by atoms with Gasteiger partial charge in [-0.2, -0.15) is 0 Å². The van der Waals surface area contributed by atoms with Gasteiger partial charge in [-0.05, 0) is 66.0 Å². The lowest BCUT2D eigenvalue weighted by Gasteiger charge is -2.26. The fourth-order valence-corrected chi connectivity index (χ4v) is 4.89. The van der Waals surface area contributed by atoms with Crippen LogP contribution in [0.3, 0.4) is 0 Å². The maximum Gasteiger partial charge on any atom is 0.306 e. The molecular formula is C28H40O4S. The molecule has 0 radical (unpaired) electrons. The number of benzene rings is 2. The molecule has 0 saturated carbocycles. The van der Waals surface area contributed by atoms with Crippen LogP contribution >= 0.6 is 11.8 Å². The van der Waals surface area contributed by atoms with E-state index in [1.54, 1.807) is 18.9 Å². The molecule has 2 aromatic rings. The normalized spacial score (nSPS) is 12.1. The first-order valence-corrected chi connectivity index (χ1v) is 12.5. The van der Waals surface area contributed by atoms with Crippen LogP contribution in [0.2, 0.25) is 0 Å². The average Bonchev–Trinajstić information content (AvgIpc) is 2.68. The summed E-state index contributed by atoms with van der Waals surface area (Å²) < 4.78 is 11.3. The highest BCUT2D eigenvalue weighted by molar-refractivity contribution is 7.99. The summed E-state index contributed by atoms with van der Waals surface area (Å²) in [5.74, 6) is 1.63. The molecule has 0 fully saturated rings. The quantitative estimate of drug-likeness (QED) is 0.343. The number of hydrogen-bond acceptors (Lipinski definition) is 5. The molecular weight excluding hydrogens is 432 g/mol. The van der Waals surface area contributed by atoms with Crippen LogP contribution in [0.25, 0.3) is 0 Å². The first-order valence-electron chi connectivity index (χ1n) is 11.5. The summed E-state index contributed by atoms with van der Waals surface area (Å²) in [6.07, 6.45) is 0.324. The average molecular weight is 473 g/mol. The van der Waals surface area contributed by atoms with Crippen LogP contribution in [0.15, 0.2) is 23.1 Å². The summed E-state index contributed by atoms with van der Waals surface area (Å²) in [5, 5.41) is 10.4. The molecule has 0 saturated heterocycles. The standard InChI is InChI=1S/C28H40O4S/c1-17-14-23(28(7,8)9)26(31-10)19(3)21(17)16-32-24(29)11-12-33-20-13-18(2)25(30)22(15-20)27(4,5)6/h13-15,30H,11-12,16H2,1-10H3. The van der Waals surface area contributed by atoms with Crippen molar-refractivity contribution < 1.29 is 19.4 Å². The highest BCUT2D eigenvalue weighted by Gasteiger charge is 2.24. The molecule has 0 aliphatic carbocycles. The summed E-state index contributed by atoms with van der Waals surface area (Å²) in [6, 6.07) is 6.13. The maximum absolute atomic E-state index is 12.5. The number of hydrogen-bond donors (Lipinski definition) is 1. The lowest BCUT2D eigenvalue weighted by molar-refractivity contribution is -0.144. The minimum Gasteiger partial charge on any atom is -0.507 e. The second-order valence-corrected chi connectivity index (χ2v) is 11.9. The first-order chi connectivity index (χ1) is 15.2. The Balaban J connectivity index is 2.03. The van der Waals surface area contributed by atoms with Gasteiger partial charge in [0, 0.05) is 21.8 Å². The van der Waals surface area contributed by atoms with Crippen LogP contribution in [-0.2, 0) is 27.0 Å². The van der Waals surface area contributed by atoms with Crippen molar-refractivity contribution in [3.8, 4) is 11.5 Å². The van der Waals surface area contributed by atoms with Crippen LogP contribution in [0, 0.1) is 20.8 Å². The highest BCUT2D eigenvalue weighted by atomic mass is 32.2. The predicted molar refractivity (Wildman–Crippen MR) is 138 cm³/mol. The second-order valence-electron chi connectivity index (χ2n) is 10.8. The SMILES string of the molecule is COc1c(C(C)(C)C)cc(C)c(COC(=O)CCSc2cc(C)c(O)c(C(C)(C)C)c2)c1C. The molecule has 2 rings (SSSR count). The molecule has 4 nitrogen and oxygen atoms in total. The van der Waals surface area contributed by atoms with Crippen molar-refractivity contribution in [2.24, 2.45) is 0 Å². The van der Waals surface area contributed by atoms with Crippen molar-refractivity contribution >= 4 is 17.7 Å². The molecule has 0 aliphatic heterocycles. The minimum absolute atomic E-state index is 0.0350. The number of phenols is 1. The number of aromatic hydroxyl groups is 1. The van der Waals surface area contributed by atoms with Gasteiger partial charge < -0.3 is 14.6 Å². The fourth-order valence-electron chi connectivity index (χ4n) is 3.92. The molecule has 0 aromatic heterocycles. The van der Waals surface area contributed by atoms with Crippen LogP contribution in [0.4, 0.5) is 0 Å². The van der Waals surface area contributed by atoms with Gasteiger partial charge in [-0.3, -0.25) is 4.79 Å². The zero-order chi connectivity index (χ0) is 25.1. The Morgan fingerprint density at radius 3 is 2.09 bits per heavy atom. The van der Waals surface area contributed by atoms with Crippen LogP contribution in [0.5, 0.6) is 11.5 Å². The Morgan fingerprint density at radius 1 is 0.939 bits per heavy atom. The largest absolute Gasteiger partial charge is 0.507 e. The number of phenolic OH excluding ortho intramolecular Hbond substituents is 1. The molecule has 0 atom stereocenters. The lowest BCUT2D eigenvalue weighted by Crippen LogP contribution is -2.16. The highest BCUT2D eigenvalue weighted by Crippen LogP contribution is 2.38. The Morgan fingerprint density at radius 2 is 1.55 bits per heavy atom. The molecule has 1 N–H and O–H groups in total. The summed E-state index contributed by atoms with van der Waals surface area (Å²) >= 11 is 1.61. The molecule has 2 aromatic carbocycles. The van der Waals surface area contributed by atoms with E-state index in [0.717, 1.165) is 44.0 Å². The third-order valence-electron chi connectivity index (χ3n) is 5.92. The van der Waals surface area contributed by atoms with E-state index in [0.29, 0.717) is 17.9 Å². The fraction of sp³-hybridized carbons (Fsp3) is 0.536. The molecule has 0 spiro atoms. The predicted octanol–water partition coefficient (Wildman–Crippen LogP) is 7.15. The smallest absolute Gasteiger partial charge is 0.306 e. The molecule has 0 aliphatic rings. The van der Waals surface area contributed by atoms with Crippen molar-refractivity contribution in [2.45, 2.75) is 91.1 Å². The van der Waals surface area contributed by atoms with Gasteiger partial charge in [0.05, 0.1) is 13.5 Å². The Hall–Kier alpha value is -2.14. The van der Waals surface area contributed by atoms with E-state index in [4.69, 9.17) is 9.47 Å². The second kappa shape index (κ2) is 10.4. The van der Waals surface area contributed by atoms with E-state index < -0.39 is 0 Å². The van der Waals surface area contributed by atoms with Crippen LogP contribution in [-0.4, -0.2) is 23.9 Å². The topological polar surface area (TPSA) is 55.8 Å². The summed E-state index contributed by atoms with van der Waals surface area (Å²) in [6.45, 7) is 19.0. The van der Waals surface area contributed by atoms with E-state index in [9.17, 15) is 9.90 Å². The maximum atomic E-state index is 12.5. The monoisotopic (exact) mass is 472 g/mol. The number of aryl methyl sites for hydroxylation is 2. The van der Waals surface area contributed by atoms with Gasteiger partial charge in [0.25, 0.3) is 0 Å². The number of rotatable bonds is 7. The summed E-state index contributed by atoms with van der Waals surface area (Å²) in [4.78, 5) is 13.5. The Bertz CT molecular complexity index is 1010. The number of thioether (sulfide) groups is 1. The molecule has 33 heavy (non-hydrogen) atoms. The van der Waals surface area contributed by atoms with E-state index >= 15 is 0 Å². The molecule has 0 amide bonds. The summed E-state index contributed by atoms with van der Waals surface area (Å²) in [5.41, 5.74) is 5.89. The number of carbonyl (C=O) groups excluding carboxylic acids is 1. The number of ether oxygens (including phenoxy) is 2. The van der Waals surface area contributed by atoms with Crippen LogP contribution < -0.4 is 4.74 Å². The Labute approximate surface area is 204 Å². The van der Waals surface area contributed by atoms with Gasteiger partial charge >= 0.3 is 5.97 Å². The number of methoxy groups -OCH3 is 1. The van der Waals surface area contributed by atoms with Crippen molar-refractivity contribution in [1.29, 1.82) is 0 Å². The number of carbonyl (C=O) groups is 1. The lowest BCUT2D eigenvalue weighted by atomic mass is 9.83. The van der Waals surface area contributed by atoms with Gasteiger partial charge in [-0.15, -0.1) is 11.8 Å². The third-order valence-corrected chi connectivity index (χ3v) is 6.90. The Kier molecular flexibility index (Phi) is 8.56. The zero-order valence-electron chi connectivity index (χ0n) is 21.9. The van der Waals surface area contributed by atoms with E-state index in [2.05, 4.69) is 54.5 Å². The van der Waals surface area contributed by atoms with Crippen LogP contribution in [0.1, 0.15) is 81.3 Å². The molecule has 5 heteroatoms. The first kappa shape index (κ1) is 27.1. The van der Waals surface area contributed by atoms with Gasteiger partial charge in [-0.1, -0.05) is 47.6 Å². The molecule has 0 unspecified atom stereocenters. The molecule has 0 heterocycles. The van der Waals surface area contributed by atoms with Gasteiger partial charge in [0.1, 0.15) is 18.1 Å². The van der Waals surface area contributed by atoms with Crippen molar-refractivity contribution in [1.82, 2.24) is 0 Å². The van der Waals surface area contributed by atoms with Crippen molar-refractivity contribution in [2.75, 3.05) is 12.9 Å². The zero-order valence-corrected chi connectivity index (χ0v) is 22.8. The summed E-state index contributed by atoms with van der Waals surface area (Å²) in [7, 11) is 1.69. The van der Waals surface area contributed by atoms with Crippen molar-refractivity contribution in [3.05, 3.63) is 51.6 Å². The van der Waals surface area contributed by atoms with Gasteiger partial charge in [0.2, 0.25) is 0 Å². The number of esters is 1. The van der Waals surface area contributed by atoms with Crippen molar-refractivity contribution in [3.63, 3.8) is 0 Å². The minimum atomic E-state index is -0.216. The van der Waals surface area contributed by atoms with E-state index in [1.807, 2.05) is 26.0 Å². The third kappa shape index (κ3) is 6.69.